The van der Waals surface area contributed by atoms with Gasteiger partial charge in [-0.05, 0) is 56.7 Å². The summed E-state index contributed by atoms with van der Waals surface area (Å²) >= 11 is 0. The molecule has 2 aromatic heterocycles. The molecule has 1 unspecified atom stereocenters. The average Bonchev–Trinajstić information content (AvgIpc) is 3.28. The molecule has 2 heterocycles. The van der Waals surface area contributed by atoms with Gasteiger partial charge in [0.2, 0.25) is 10.0 Å². The third-order valence-corrected chi connectivity index (χ3v) is 7.82. The smallest absolute Gasteiger partial charge is 0.254 e. The number of benzene rings is 1. The fraction of sp³-hybridized carbons (Fsp3) is 0.480. The minimum atomic E-state index is -3.72. The van der Waals surface area contributed by atoms with Crippen LogP contribution in [0.15, 0.2) is 41.6 Å². The van der Waals surface area contributed by atoms with E-state index < -0.39 is 10.0 Å². The van der Waals surface area contributed by atoms with E-state index in [1.165, 1.54) is 44.2 Å². The maximum Gasteiger partial charge on any atom is 0.254 e. The highest BCUT2D eigenvalue weighted by molar-refractivity contribution is 7.89. The SMILES string of the molecule is CCn1ncc2c(NC(C)C3CCCCC3)c(C(=O)NCCc3ccc(S(N)(=O)=O)cc3)cnc21. The number of nitrogens with one attached hydrogen (secondary N) is 2. The van der Waals surface area contributed by atoms with E-state index in [1.54, 1.807) is 24.5 Å². The quantitative estimate of drug-likeness (QED) is 0.414. The molecule has 188 valence electrons. The summed E-state index contributed by atoms with van der Waals surface area (Å²) in [6.07, 6.45) is 10.2. The minimum Gasteiger partial charge on any atom is -0.381 e. The monoisotopic (exact) mass is 498 g/mol. The fourth-order valence-corrected chi connectivity index (χ4v) is 5.34. The lowest BCUT2D eigenvalue weighted by Crippen LogP contribution is -2.31. The number of carbonyl (C=O) groups is 1. The molecular weight excluding hydrogens is 464 g/mol. The standard InChI is InChI=1S/C25H34N6O3S/c1-3-31-24-21(16-29-31)23(30-17(2)19-7-5-4-6-8-19)22(15-28-24)25(32)27-14-13-18-9-11-20(12-10-18)35(26,33)34/h9-12,15-17,19H,3-8,13-14H2,1-2H3,(H,27,32)(H,28,30)(H2,26,33,34). The number of fused-ring (bicyclic) bond motifs is 1. The molecule has 10 heteroatoms. The summed E-state index contributed by atoms with van der Waals surface area (Å²) in [6, 6.07) is 6.60. The Balaban J connectivity index is 1.50. The summed E-state index contributed by atoms with van der Waals surface area (Å²) in [6.45, 7) is 5.31. The molecule has 4 N–H and O–H groups in total. The molecule has 0 aliphatic heterocycles. The van der Waals surface area contributed by atoms with Crippen LogP contribution in [-0.2, 0) is 23.0 Å². The largest absolute Gasteiger partial charge is 0.381 e. The Kier molecular flexibility index (Phi) is 7.71. The zero-order chi connectivity index (χ0) is 25.0. The number of sulfonamides is 1. The maximum atomic E-state index is 13.2. The summed E-state index contributed by atoms with van der Waals surface area (Å²) in [5.41, 5.74) is 2.94. The van der Waals surface area contributed by atoms with Gasteiger partial charge in [0, 0.05) is 25.3 Å². The molecule has 1 atom stereocenters. The molecule has 1 aliphatic carbocycles. The predicted octanol–water partition coefficient (Wildman–Crippen LogP) is 3.45. The lowest BCUT2D eigenvalue weighted by Gasteiger charge is -2.29. The first-order chi connectivity index (χ1) is 16.8. The molecule has 3 aromatic rings. The first-order valence-electron chi connectivity index (χ1n) is 12.3. The van der Waals surface area contributed by atoms with Crippen molar-refractivity contribution in [2.45, 2.75) is 69.9 Å². The van der Waals surface area contributed by atoms with Gasteiger partial charge in [0.1, 0.15) is 0 Å². The highest BCUT2D eigenvalue weighted by atomic mass is 32.2. The van der Waals surface area contributed by atoms with Gasteiger partial charge in [-0.2, -0.15) is 5.10 Å². The van der Waals surface area contributed by atoms with Crippen molar-refractivity contribution in [2.24, 2.45) is 11.1 Å². The number of anilines is 1. The molecule has 1 fully saturated rings. The Bertz CT molecular complexity index is 1280. The van der Waals surface area contributed by atoms with Crippen LogP contribution in [0.4, 0.5) is 5.69 Å². The number of nitrogens with two attached hydrogens (primary N) is 1. The first-order valence-corrected chi connectivity index (χ1v) is 13.8. The highest BCUT2D eigenvalue weighted by Crippen LogP contribution is 2.32. The van der Waals surface area contributed by atoms with E-state index in [4.69, 9.17) is 5.14 Å². The van der Waals surface area contributed by atoms with Crippen molar-refractivity contribution in [1.29, 1.82) is 0 Å². The zero-order valence-corrected chi connectivity index (χ0v) is 21.1. The number of aryl methyl sites for hydroxylation is 1. The molecule has 0 saturated heterocycles. The maximum absolute atomic E-state index is 13.2. The van der Waals surface area contributed by atoms with Crippen LogP contribution < -0.4 is 15.8 Å². The number of pyridine rings is 1. The fourth-order valence-electron chi connectivity index (χ4n) is 4.83. The molecule has 4 rings (SSSR count). The van der Waals surface area contributed by atoms with Crippen molar-refractivity contribution in [3.8, 4) is 0 Å². The van der Waals surface area contributed by atoms with Crippen molar-refractivity contribution in [3.05, 3.63) is 47.8 Å². The summed E-state index contributed by atoms with van der Waals surface area (Å²) in [5.74, 6) is 0.368. The second kappa shape index (κ2) is 10.7. The van der Waals surface area contributed by atoms with Crippen LogP contribution in [0.2, 0.25) is 0 Å². The summed E-state index contributed by atoms with van der Waals surface area (Å²) in [7, 11) is -3.72. The molecule has 0 bridgehead atoms. The second-order valence-electron chi connectivity index (χ2n) is 9.27. The van der Waals surface area contributed by atoms with E-state index in [0.29, 0.717) is 31.0 Å². The molecule has 1 aromatic carbocycles. The molecular formula is C25H34N6O3S. The number of hydrogen-bond acceptors (Lipinski definition) is 6. The third kappa shape index (κ3) is 5.82. The van der Waals surface area contributed by atoms with Crippen LogP contribution in [0.3, 0.4) is 0 Å². The number of amides is 1. The van der Waals surface area contributed by atoms with Crippen LogP contribution in [0.25, 0.3) is 11.0 Å². The zero-order valence-electron chi connectivity index (χ0n) is 20.3. The van der Waals surface area contributed by atoms with E-state index in [0.717, 1.165) is 22.3 Å². The Hall–Kier alpha value is -2.98. The Morgan fingerprint density at radius 1 is 1.17 bits per heavy atom. The van der Waals surface area contributed by atoms with Gasteiger partial charge in [-0.1, -0.05) is 31.4 Å². The van der Waals surface area contributed by atoms with Gasteiger partial charge >= 0.3 is 0 Å². The highest BCUT2D eigenvalue weighted by Gasteiger charge is 2.24. The normalized spacial score (nSPS) is 15.7. The van der Waals surface area contributed by atoms with Gasteiger partial charge in [-0.25, -0.2) is 23.2 Å². The Labute approximate surface area is 206 Å². The average molecular weight is 499 g/mol. The van der Waals surface area contributed by atoms with Crippen LogP contribution >= 0.6 is 0 Å². The van der Waals surface area contributed by atoms with Crippen LogP contribution in [0.1, 0.15) is 61.9 Å². The number of hydrogen-bond donors (Lipinski definition) is 3. The number of aromatic nitrogens is 3. The summed E-state index contributed by atoms with van der Waals surface area (Å²) in [5, 5.41) is 17.1. The molecule has 1 saturated carbocycles. The Morgan fingerprint density at radius 3 is 2.54 bits per heavy atom. The molecule has 1 aliphatic rings. The van der Waals surface area contributed by atoms with Crippen molar-refractivity contribution < 1.29 is 13.2 Å². The number of rotatable bonds is 9. The Morgan fingerprint density at radius 2 is 1.89 bits per heavy atom. The molecule has 1 amide bonds. The predicted molar refractivity (Wildman–Crippen MR) is 137 cm³/mol. The van der Waals surface area contributed by atoms with E-state index >= 15 is 0 Å². The lowest BCUT2D eigenvalue weighted by atomic mass is 9.84. The van der Waals surface area contributed by atoms with Gasteiger partial charge < -0.3 is 10.6 Å². The number of primary sulfonamides is 1. The van der Waals surface area contributed by atoms with Crippen molar-refractivity contribution >= 4 is 32.7 Å². The van der Waals surface area contributed by atoms with Gasteiger partial charge in [-0.3, -0.25) is 4.79 Å². The van der Waals surface area contributed by atoms with Gasteiger partial charge in [0.05, 0.1) is 27.7 Å². The van der Waals surface area contributed by atoms with E-state index in [-0.39, 0.29) is 16.8 Å². The summed E-state index contributed by atoms with van der Waals surface area (Å²) in [4.78, 5) is 17.8. The molecule has 9 nitrogen and oxygen atoms in total. The first kappa shape index (κ1) is 25.1. The molecule has 35 heavy (non-hydrogen) atoms. The van der Waals surface area contributed by atoms with Crippen LogP contribution in [-0.4, -0.2) is 41.7 Å². The van der Waals surface area contributed by atoms with Crippen molar-refractivity contribution in [1.82, 2.24) is 20.1 Å². The van der Waals surface area contributed by atoms with Crippen LogP contribution in [0, 0.1) is 5.92 Å². The minimum absolute atomic E-state index is 0.0695. The van der Waals surface area contributed by atoms with Crippen molar-refractivity contribution in [3.63, 3.8) is 0 Å². The molecule has 0 radical (unpaired) electrons. The van der Waals surface area contributed by atoms with Gasteiger partial charge in [-0.15, -0.1) is 0 Å². The lowest BCUT2D eigenvalue weighted by molar-refractivity contribution is 0.0954. The van der Waals surface area contributed by atoms with Gasteiger partial charge in [0.15, 0.2) is 5.65 Å². The topological polar surface area (TPSA) is 132 Å². The van der Waals surface area contributed by atoms with Gasteiger partial charge in [0.25, 0.3) is 5.91 Å². The number of carbonyl (C=O) groups excluding carboxylic acids is 1. The number of nitrogens with zero attached hydrogens (tertiary/aromatic N) is 3. The summed E-state index contributed by atoms with van der Waals surface area (Å²) < 4.78 is 24.7. The second-order valence-corrected chi connectivity index (χ2v) is 10.8. The van der Waals surface area contributed by atoms with Crippen molar-refractivity contribution in [2.75, 3.05) is 11.9 Å². The van der Waals surface area contributed by atoms with E-state index in [1.807, 2.05) is 11.6 Å². The third-order valence-electron chi connectivity index (χ3n) is 6.89. The molecule has 0 spiro atoms. The van der Waals surface area contributed by atoms with E-state index in [2.05, 4.69) is 27.6 Å². The van der Waals surface area contributed by atoms with Crippen LogP contribution in [0.5, 0.6) is 0 Å². The van der Waals surface area contributed by atoms with E-state index in [9.17, 15) is 13.2 Å².